The lowest BCUT2D eigenvalue weighted by Crippen LogP contribution is -2.31. The lowest BCUT2D eigenvalue weighted by Gasteiger charge is -2.23. The molecule has 0 radical (unpaired) electrons. The molecule has 1 aromatic heterocycles. The molecular formula is C20H18BrFN2O2S. The molecule has 0 amide bonds. The van der Waals surface area contributed by atoms with Gasteiger partial charge in [0, 0.05) is 30.0 Å². The molecule has 3 rings (SSSR count). The Morgan fingerprint density at radius 2 is 1.85 bits per heavy atom. The zero-order chi connectivity index (χ0) is 19.4. The first-order valence-corrected chi connectivity index (χ1v) is 10.5. The quantitative estimate of drug-likeness (QED) is 0.549. The second-order valence-electron chi connectivity index (χ2n) is 6.14. The maximum Gasteiger partial charge on any atom is 0.246 e. The largest absolute Gasteiger partial charge is 0.264 e. The van der Waals surface area contributed by atoms with Crippen LogP contribution in [0.1, 0.15) is 16.7 Å². The molecule has 0 atom stereocenters. The molecular weight excluding hydrogens is 431 g/mol. The van der Waals surface area contributed by atoms with Crippen LogP contribution in [0.25, 0.3) is 0 Å². The Morgan fingerprint density at radius 1 is 1.07 bits per heavy atom. The first kappa shape index (κ1) is 19.7. The summed E-state index contributed by atoms with van der Waals surface area (Å²) in [7, 11) is -4.07. The van der Waals surface area contributed by atoms with Crippen LogP contribution < -0.4 is 0 Å². The highest BCUT2D eigenvalue weighted by molar-refractivity contribution is 9.10. The molecule has 0 aliphatic rings. The van der Waals surface area contributed by atoms with E-state index in [1.165, 1.54) is 16.4 Å². The maximum atomic E-state index is 14.3. The van der Waals surface area contributed by atoms with Gasteiger partial charge in [-0.25, -0.2) is 12.8 Å². The lowest BCUT2D eigenvalue weighted by molar-refractivity contribution is 0.396. The molecule has 0 N–H and O–H groups in total. The molecule has 0 fully saturated rings. The van der Waals surface area contributed by atoms with Gasteiger partial charge < -0.3 is 0 Å². The minimum Gasteiger partial charge on any atom is -0.264 e. The number of benzene rings is 2. The molecule has 0 unspecified atom stereocenters. The summed E-state index contributed by atoms with van der Waals surface area (Å²) in [6.07, 6.45) is 3.23. The topological polar surface area (TPSA) is 50.3 Å². The van der Waals surface area contributed by atoms with Crippen molar-refractivity contribution in [2.75, 3.05) is 0 Å². The molecule has 3 aromatic rings. The molecule has 2 aromatic carbocycles. The van der Waals surface area contributed by atoms with Gasteiger partial charge in [0.15, 0.2) is 0 Å². The summed E-state index contributed by atoms with van der Waals surface area (Å²) in [6, 6.07) is 15.0. The van der Waals surface area contributed by atoms with Crippen LogP contribution in [0, 0.1) is 12.7 Å². The number of hydrogen-bond donors (Lipinski definition) is 0. The van der Waals surface area contributed by atoms with Crippen LogP contribution in [-0.2, 0) is 23.1 Å². The monoisotopic (exact) mass is 448 g/mol. The van der Waals surface area contributed by atoms with Crippen LogP contribution in [0.5, 0.6) is 0 Å². The molecule has 0 spiro atoms. The van der Waals surface area contributed by atoms with Crippen molar-refractivity contribution in [1.82, 2.24) is 9.29 Å². The fraction of sp³-hybridized carbons (Fsp3) is 0.150. The Balaban J connectivity index is 2.05. The molecule has 0 saturated carbocycles. The van der Waals surface area contributed by atoms with Gasteiger partial charge in [0.25, 0.3) is 0 Å². The van der Waals surface area contributed by atoms with E-state index in [1.54, 1.807) is 24.5 Å². The van der Waals surface area contributed by atoms with E-state index in [9.17, 15) is 12.8 Å². The van der Waals surface area contributed by atoms with E-state index in [2.05, 4.69) is 20.9 Å². The second kappa shape index (κ2) is 8.29. The van der Waals surface area contributed by atoms with Gasteiger partial charge in [-0.1, -0.05) is 46.3 Å². The summed E-state index contributed by atoms with van der Waals surface area (Å²) in [5.41, 5.74) is 2.56. The van der Waals surface area contributed by atoms with Crippen molar-refractivity contribution >= 4 is 26.0 Å². The van der Waals surface area contributed by atoms with Crippen molar-refractivity contribution in [2.45, 2.75) is 24.9 Å². The maximum absolute atomic E-state index is 14.3. The summed E-state index contributed by atoms with van der Waals surface area (Å²) < 4.78 is 42.7. The SMILES string of the molecule is Cc1ccccc1CN(Cc1cccnc1)S(=O)(=O)c1cc(Br)ccc1F. The average molecular weight is 449 g/mol. The smallest absolute Gasteiger partial charge is 0.246 e. The van der Waals surface area contributed by atoms with Gasteiger partial charge >= 0.3 is 0 Å². The van der Waals surface area contributed by atoms with Crippen LogP contribution in [0.4, 0.5) is 4.39 Å². The first-order valence-electron chi connectivity index (χ1n) is 8.26. The van der Waals surface area contributed by atoms with Crippen molar-refractivity contribution < 1.29 is 12.8 Å². The molecule has 1 heterocycles. The normalized spacial score (nSPS) is 11.7. The van der Waals surface area contributed by atoms with Crippen LogP contribution in [0.3, 0.4) is 0 Å². The Labute approximate surface area is 166 Å². The van der Waals surface area contributed by atoms with Crippen molar-refractivity contribution in [3.05, 3.63) is 94.0 Å². The van der Waals surface area contributed by atoms with E-state index < -0.39 is 15.8 Å². The molecule has 7 heteroatoms. The molecule has 0 bridgehead atoms. The molecule has 0 aliphatic carbocycles. The highest BCUT2D eigenvalue weighted by atomic mass is 79.9. The van der Waals surface area contributed by atoms with E-state index in [-0.39, 0.29) is 18.0 Å². The van der Waals surface area contributed by atoms with Crippen LogP contribution >= 0.6 is 15.9 Å². The summed E-state index contributed by atoms with van der Waals surface area (Å²) in [5.74, 6) is -0.779. The van der Waals surface area contributed by atoms with Crippen LogP contribution in [-0.4, -0.2) is 17.7 Å². The Morgan fingerprint density at radius 3 is 2.56 bits per heavy atom. The van der Waals surface area contributed by atoms with Gasteiger partial charge in [0.1, 0.15) is 10.7 Å². The van der Waals surface area contributed by atoms with Crippen molar-refractivity contribution in [1.29, 1.82) is 0 Å². The summed E-state index contributed by atoms with van der Waals surface area (Å²) in [6.45, 7) is 2.15. The van der Waals surface area contributed by atoms with E-state index in [0.717, 1.165) is 22.8 Å². The van der Waals surface area contributed by atoms with Crippen molar-refractivity contribution in [3.63, 3.8) is 0 Å². The summed E-state index contributed by atoms with van der Waals surface area (Å²) >= 11 is 3.22. The Hall–Kier alpha value is -2.09. The minimum atomic E-state index is -4.07. The predicted octanol–water partition coefficient (Wildman–Crippen LogP) is 4.68. The number of nitrogens with zero attached hydrogens (tertiary/aromatic N) is 2. The number of aryl methyl sites for hydroxylation is 1. The number of hydrogen-bond acceptors (Lipinski definition) is 3. The number of rotatable bonds is 6. The summed E-state index contributed by atoms with van der Waals surface area (Å²) in [4.78, 5) is 3.69. The standard InChI is InChI=1S/C20H18BrFN2O2S/c1-15-5-2-3-7-17(15)14-24(13-16-6-4-10-23-12-16)27(25,26)20-11-18(21)8-9-19(20)22/h2-12H,13-14H2,1H3. The van der Waals surface area contributed by atoms with Gasteiger partial charge in [-0.2, -0.15) is 4.31 Å². The molecule has 140 valence electrons. The Kier molecular flexibility index (Phi) is 6.04. The first-order chi connectivity index (χ1) is 12.9. The fourth-order valence-corrected chi connectivity index (χ4v) is 4.72. The van der Waals surface area contributed by atoms with E-state index in [4.69, 9.17) is 0 Å². The minimum absolute atomic E-state index is 0.0937. The van der Waals surface area contributed by atoms with E-state index in [0.29, 0.717) is 4.47 Å². The number of halogens is 2. The third kappa shape index (κ3) is 4.61. The van der Waals surface area contributed by atoms with Gasteiger partial charge in [-0.15, -0.1) is 0 Å². The highest BCUT2D eigenvalue weighted by Gasteiger charge is 2.28. The molecule has 0 aliphatic heterocycles. The van der Waals surface area contributed by atoms with E-state index >= 15 is 0 Å². The number of aromatic nitrogens is 1. The third-order valence-electron chi connectivity index (χ3n) is 4.20. The lowest BCUT2D eigenvalue weighted by atomic mass is 10.1. The molecule has 27 heavy (non-hydrogen) atoms. The van der Waals surface area contributed by atoms with Crippen molar-refractivity contribution in [2.24, 2.45) is 0 Å². The van der Waals surface area contributed by atoms with Gasteiger partial charge in [-0.05, 0) is 47.9 Å². The van der Waals surface area contributed by atoms with Gasteiger partial charge in [0.2, 0.25) is 10.0 Å². The molecule has 0 saturated heterocycles. The second-order valence-corrected chi connectivity index (χ2v) is 8.96. The zero-order valence-electron chi connectivity index (χ0n) is 14.6. The van der Waals surface area contributed by atoms with E-state index in [1.807, 2.05) is 31.2 Å². The molecule has 4 nitrogen and oxygen atoms in total. The number of sulfonamides is 1. The van der Waals surface area contributed by atoms with Crippen LogP contribution in [0.15, 0.2) is 76.4 Å². The van der Waals surface area contributed by atoms with Gasteiger partial charge in [0.05, 0.1) is 0 Å². The third-order valence-corrected chi connectivity index (χ3v) is 6.50. The Bertz CT molecular complexity index is 1040. The van der Waals surface area contributed by atoms with Gasteiger partial charge in [-0.3, -0.25) is 4.98 Å². The van der Waals surface area contributed by atoms with Crippen molar-refractivity contribution in [3.8, 4) is 0 Å². The predicted molar refractivity (Wildman–Crippen MR) is 106 cm³/mol. The highest BCUT2D eigenvalue weighted by Crippen LogP contribution is 2.26. The van der Waals surface area contributed by atoms with Crippen LogP contribution in [0.2, 0.25) is 0 Å². The summed E-state index contributed by atoms with van der Waals surface area (Å²) in [5, 5.41) is 0. The fourth-order valence-electron chi connectivity index (χ4n) is 2.71. The average Bonchev–Trinajstić information content (AvgIpc) is 2.65. The zero-order valence-corrected chi connectivity index (χ0v) is 17.0. The number of pyridine rings is 1.